The number of carbonyl (C=O) groups is 1. The van der Waals surface area contributed by atoms with E-state index in [1.54, 1.807) is 13.3 Å². The van der Waals surface area contributed by atoms with E-state index in [1.165, 1.54) is 19.3 Å². The van der Waals surface area contributed by atoms with Crippen molar-refractivity contribution in [2.75, 3.05) is 13.7 Å². The highest BCUT2D eigenvalue weighted by Gasteiger charge is 2.24. The minimum absolute atomic E-state index is 0.0756. The maximum Gasteiger partial charge on any atom is 0.303 e. The molecule has 1 N–H and O–H groups in total. The molecule has 3 aromatic rings. The molecule has 0 spiro atoms. The molecule has 9 heteroatoms. The first kappa shape index (κ1) is 22.0. The first-order chi connectivity index (χ1) is 15.7. The lowest BCUT2D eigenvalue weighted by atomic mass is 9.95. The number of carboxylic acid groups (broad SMARTS) is 1. The van der Waals surface area contributed by atoms with Gasteiger partial charge in [-0.05, 0) is 31.4 Å². The highest BCUT2D eigenvalue weighted by molar-refractivity contribution is 5.66. The van der Waals surface area contributed by atoms with Gasteiger partial charge in [0.05, 0.1) is 36.7 Å². The summed E-state index contributed by atoms with van der Waals surface area (Å²) >= 11 is 0. The fourth-order valence-electron chi connectivity index (χ4n) is 4.08. The van der Waals surface area contributed by atoms with Gasteiger partial charge in [0.15, 0.2) is 0 Å². The largest absolute Gasteiger partial charge is 0.494 e. The number of benzene rings is 1. The molecule has 2 aromatic heterocycles. The number of rotatable bonds is 10. The first-order valence-corrected chi connectivity index (χ1v) is 11.0. The molecule has 1 fully saturated rings. The van der Waals surface area contributed by atoms with E-state index in [0.29, 0.717) is 43.1 Å². The summed E-state index contributed by atoms with van der Waals surface area (Å²) in [6.45, 7) is 0.747. The van der Waals surface area contributed by atoms with Gasteiger partial charge in [-0.2, -0.15) is 10.1 Å². The van der Waals surface area contributed by atoms with Crippen LogP contribution in [-0.4, -0.2) is 44.7 Å². The molecule has 4 rings (SSSR count). The van der Waals surface area contributed by atoms with E-state index in [0.717, 1.165) is 29.7 Å². The number of ether oxygens (including phenoxy) is 2. The molecule has 2 heterocycles. The van der Waals surface area contributed by atoms with Crippen LogP contribution in [0.4, 0.5) is 0 Å². The fourth-order valence-corrected chi connectivity index (χ4v) is 4.08. The third-order valence-corrected chi connectivity index (χ3v) is 5.65. The Hall–Kier alpha value is -3.20. The van der Waals surface area contributed by atoms with Crippen molar-refractivity contribution in [3.05, 3.63) is 36.2 Å². The highest BCUT2D eigenvalue weighted by Crippen LogP contribution is 2.33. The molecule has 1 aliphatic carbocycles. The van der Waals surface area contributed by atoms with E-state index in [9.17, 15) is 4.79 Å². The van der Waals surface area contributed by atoms with Crippen LogP contribution < -0.4 is 4.74 Å². The third kappa shape index (κ3) is 5.16. The summed E-state index contributed by atoms with van der Waals surface area (Å²) in [5.41, 5.74) is 2.49. The van der Waals surface area contributed by atoms with Crippen LogP contribution in [0, 0.1) is 0 Å². The number of nitrogens with zero attached hydrogens (tertiary/aromatic N) is 4. The number of carboxylic acids is 1. The van der Waals surface area contributed by atoms with Crippen LogP contribution in [0.25, 0.3) is 22.8 Å². The molecule has 0 amide bonds. The van der Waals surface area contributed by atoms with Crippen molar-refractivity contribution in [2.45, 2.75) is 57.6 Å². The van der Waals surface area contributed by atoms with Gasteiger partial charge in [0.2, 0.25) is 5.82 Å². The van der Waals surface area contributed by atoms with Crippen molar-refractivity contribution < 1.29 is 23.9 Å². The van der Waals surface area contributed by atoms with Gasteiger partial charge in [-0.25, -0.2) is 0 Å². The summed E-state index contributed by atoms with van der Waals surface area (Å²) in [7, 11) is 1.67. The second-order valence-corrected chi connectivity index (χ2v) is 7.97. The van der Waals surface area contributed by atoms with Crippen LogP contribution in [0.1, 0.15) is 56.7 Å². The van der Waals surface area contributed by atoms with Gasteiger partial charge < -0.3 is 19.1 Å². The summed E-state index contributed by atoms with van der Waals surface area (Å²) in [5.74, 6) is 0.650. The molecule has 0 atom stereocenters. The van der Waals surface area contributed by atoms with Crippen molar-refractivity contribution in [3.63, 3.8) is 0 Å². The van der Waals surface area contributed by atoms with E-state index in [-0.39, 0.29) is 6.42 Å². The number of methoxy groups -OCH3 is 1. The smallest absolute Gasteiger partial charge is 0.303 e. The number of hydrogen-bond donors (Lipinski definition) is 1. The van der Waals surface area contributed by atoms with Crippen LogP contribution >= 0.6 is 0 Å². The van der Waals surface area contributed by atoms with E-state index in [2.05, 4.69) is 19.9 Å². The average molecular weight is 441 g/mol. The Balaban J connectivity index is 1.52. The summed E-state index contributed by atoms with van der Waals surface area (Å²) in [6.07, 6.45) is 8.24. The Bertz CT molecular complexity index is 1040. The summed E-state index contributed by atoms with van der Waals surface area (Å²) in [6, 6.07) is 7.72. The van der Waals surface area contributed by atoms with Gasteiger partial charge >= 0.3 is 5.97 Å². The van der Waals surface area contributed by atoms with E-state index in [4.69, 9.17) is 19.1 Å². The summed E-state index contributed by atoms with van der Waals surface area (Å²) < 4.78 is 18.7. The second-order valence-electron chi connectivity index (χ2n) is 7.97. The Morgan fingerprint density at radius 1 is 1.28 bits per heavy atom. The van der Waals surface area contributed by atoms with Crippen LogP contribution in [0.5, 0.6) is 5.75 Å². The predicted octanol–water partition coefficient (Wildman–Crippen LogP) is 4.50. The minimum Gasteiger partial charge on any atom is -0.494 e. The number of hydrogen-bond acceptors (Lipinski definition) is 7. The van der Waals surface area contributed by atoms with Crippen LogP contribution in [-0.2, 0) is 16.1 Å². The van der Waals surface area contributed by atoms with Crippen molar-refractivity contribution in [1.29, 1.82) is 0 Å². The Morgan fingerprint density at radius 2 is 2.12 bits per heavy atom. The first-order valence-electron chi connectivity index (χ1n) is 11.0. The topological polar surface area (TPSA) is 112 Å². The Kier molecular flexibility index (Phi) is 7.16. The zero-order chi connectivity index (χ0) is 22.3. The number of aliphatic carboxylic acids is 1. The molecule has 9 nitrogen and oxygen atoms in total. The van der Waals surface area contributed by atoms with Crippen molar-refractivity contribution in [1.82, 2.24) is 19.9 Å². The molecule has 0 saturated heterocycles. The molecule has 1 aromatic carbocycles. The average Bonchev–Trinajstić information content (AvgIpc) is 3.45. The molecule has 1 aliphatic rings. The second kappa shape index (κ2) is 10.4. The molecule has 0 bridgehead atoms. The van der Waals surface area contributed by atoms with Crippen LogP contribution in [0.15, 0.2) is 35.0 Å². The molecule has 170 valence electrons. The predicted molar refractivity (Wildman–Crippen MR) is 116 cm³/mol. The fraction of sp³-hybridized carbons (Fsp3) is 0.478. The summed E-state index contributed by atoms with van der Waals surface area (Å²) in [4.78, 5) is 15.2. The molecule has 1 saturated carbocycles. The maximum atomic E-state index is 10.6. The molecule has 0 radical (unpaired) electrons. The monoisotopic (exact) mass is 440 g/mol. The number of aromatic nitrogens is 4. The molecule has 0 aliphatic heterocycles. The van der Waals surface area contributed by atoms with Crippen LogP contribution in [0.2, 0.25) is 0 Å². The van der Waals surface area contributed by atoms with Gasteiger partial charge in [-0.15, -0.1) is 0 Å². The molecule has 32 heavy (non-hydrogen) atoms. The van der Waals surface area contributed by atoms with Gasteiger partial charge in [0.1, 0.15) is 5.75 Å². The maximum absolute atomic E-state index is 10.6. The Morgan fingerprint density at radius 3 is 2.91 bits per heavy atom. The highest BCUT2D eigenvalue weighted by atomic mass is 16.5. The lowest BCUT2D eigenvalue weighted by Crippen LogP contribution is -2.17. The van der Waals surface area contributed by atoms with E-state index >= 15 is 0 Å². The molecular formula is C23H28N4O5. The molecular weight excluding hydrogens is 412 g/mol. The zero-order valence-electron chi connectivity index (χ0n) is 18.2. The molecule has 0 unspecified atom stereocenters. The lowest BCUT2D eigenvalue weighted by molar-refractivity contribution is -0.137. The quantitative estimate of drug-likeness (QED) is 0.459. The van der Waals surface area contributed by atoms with Crippen LogP contribution in [0.3, 0.4) is 0 Å². The minimum atomic E-state index is -0.832. The normalized spacial score (nSPS) is 14.5. The van der Waals surface area contributed by atoms with Gasteiger partial charge in [0.25, 0.3) is 5.89 Å². The van der Waals surface area contributed by atoms with E-state index < -0.39 is 5.97 Å². The standard InChI is InChI=1S/C23H28N4O5/c1-30-15-20-19(14-24-27(20)17-8-3-2-4-9-17)23-25-22(26-32-23)16-7-5-10-18(13-16)31-12-6-11-21(28)29/h5,7,10,13-14,17H,2-4,6,8-9,11-12,15H2,1H3,(H,28,29). The zero-order valence-corrected chi connectivity index (χ0v) is 18.2. The van der Waals surface area contributed by atoms with Gasteiger partial charge in [0, 0.05) is 19.1 Å². The van der Waals surface area contributed by atoms with Gasteiger partial charge in [-0.3, -0.25) is 9.48 Å². The van der Waals surface area contributed by atoms with Gasteiger partial charge in [-0.1, -0.05) is 36.6 Å². The van der Waals surface area contributed by atoms with Crippen molar-refractivity contribution >= 4 is 5.97 Å². The summed E-state index contributed by atoms with van der Waals surface area (Å²) in [5, 5.41) is 17.5. The lowest BCUT2D eigenvalue weighted by Gasteiger charge is -2.24. The SMILES string of the molecule is COCc1c(-c2nc(-c3cccc(OCCCC(=O)O)c3)no2)cnn1C1CCCCC1. The van der Waals surface area contributed by atoms with Crippen molar-refractivity contribution in [2.24, 2.45) is 0 Å². The Labute approximate surface area is 186 Å². The third-order valence-electron chi connectivity index (χ3n) is 5.65. The van der Waals surface area contributed by atoms with E-state index in [1.807, 2.05) is 24.3 Å². The van der Waals surface area contributed by atoms with Crippen molar-refractivity contribution in [3.8, 4) is 28.6 Å².